The van der Waals surface area contributed by atoms with Crippen molar-refractivity contribution in [2.75, 3.05) is 6.54 Å². The minimum Gasteiger partial charge on any atom is -0.460 e. The number of rotatable bonds is 5. The highest BCUT2D eigenvalue weighted by atomic mass is 16.5. The van der Waals surface area contributed by atoms with E-state index in [4.69, 9.17) is 4.74 Å². The first kappa shape index (κ1) is 16.9. The van der Waals surface area contributed by atoms with Crippen molar-refractivity contribution in [3.05, 3.63) is 71.8 Å². The van der Waals surface area contributed by atoms with Crippen LogP contribution in [0.15, 0.2) is 60.7 Å². The average Bonchev–Trinajstić information content (AvgIpc) is 2.64. The van der Waals surface area contributed by atoms with Gasteiger partial charge in [-0.15, -0.1) is 0 Å². The van der Waals surface area contributed by atoms with Gasteiger partial charge in [-0.1, -0.05) is 60.7 Å². The fourth-order valence-corrected chi connectivity index (χ4v) is 2.80. The first-order chi connectivity index (χ1) is 12.1. The molecule has 3 rings (SSSR count). The predicted octanol–water partition coefficient (Wildman–Crippen LogP) is 2.35. The Morgan fingerprint density at radius 3 is 2.20 bits per heavy atom. The smallest absolute Gasteiger partial charge is 0.317 e. The van der Waals surface area contributed by atoms with Crippen molar-refractivity contribution in [1.29, 1.82) is 0 Å². The summed E-state index contributed by atoms with van der Waals surface area (Å²) in [6.45, 7) is 0.418. The molecule has 0 bridgehead atoms. The number of Topliss-reactive ketones (excluding diaryl/α,β-unsaturated/α-hetero) is 1. The van der Waals surface area contributed by atoms with Gasteiger partial charge in [0.2, 0.25) is 5.91 Å². The summed E-state index contributed by atoms with van der Waals surface area (Å²) >= 11 is 0. The molecule has 2 aromatic carbocycles. The molecule has 0 aromatic heterocycles. The van der Waals surface area contributed by atoms with Crippen LogP contribution >= 0.6 is 0 Å². The van der Waals surface area contributed by atoms with Gasteiger partial charge >= 0.3 is 5.97 Å². The molecule has 1 saturated heterocycles. The van der Waals surface area contributed by atoms with Crippen molar-refractivity contribution in [3.63, 3.8) is 0 Å². The highest BCUT2D eigenvalue weighted by molar-refractivity contribution is 6.06. The van der Waals surface area contributed by atoms with Gasteiger partial charge in [-0.05, 0) is 11.1 Å². The lowest BCUT2D eigenvalue weighted by molar-refractivity contribution is -0.160. The minimum atomic E-state index is -0.997. The molecule has 1 atom stereocenters. The van der Waals surface area contributed by atoms with Crippen molar-refractivity contribution >= 4 is 17.7 Å². The van der Waals surface area contributed by atoms with E-state index < -0.39 is 11.9 Å². The molecule has 1 fully saturated rings. The molecular weight excluding hydrogens is 318 g/mol. The Bertz CT molecular complexity index is 758. The van der Waals surface area contributed by atoms with Crippen LogP contribution in [0.5, 0.6) is 0 Å². The van der Waals surface area contributed by atoms with Crippen LogP contribution in [0.4, 0.5) is 0 Å². The van der Waals surface area contributed by atoms with Crippen molar-refractivity contribution in [2.45, 2.75) is 19.6 Å². The van der Waals surface area contributed by atoms with Crippen LogP contribution in [-0.4, -0.2) is 29.1 Å². The lowest BCUT2D eigenvalue weighted by Crippen LogP contribution is -2.47. The first-order valence-electron chi connectivity index (χ1n) is 8.18. The fraction of sp³-hybridized carbons (Fsp3) is 0.250. The Morgan fingerprint density at radius 1 is 0.960 bits per heavy atom. The van der Waals surface area contributed by atoms with Gasteiger partial charge in [0.05, 0.1) is 6.54 Å². The highest BCUT2D eigenvalue weighted by Gasteiger charge is 2.38. The lowest BCUT2D eigenvalue weighted by Gasteiger charge is -2.29. The van der Waals surface area contributed by atoms with Gasteiger partial charge in [0.25, 0.3) is 0 Å². The third-order valence-corrected chi connectivity index (χ3v) is 4.19. The quantitative estimate of drug-likeness (QED) is 0.621. The SMILES string of the molecule is O=C1CN(Cc2ccccc2)C(=O)C[C@@H]1C(=O)OCc1ccccc1. The second kappa shape index (κ2) is 7.75. The van der Waals surface area contributed by atoms with Crippen LogP contribution in [-0.2, 0) is 32.3 Å². The largest absolute Gasteiger partial charge is 0.460 e. The summed E-state index contributed by atoms with van der Waals surface area (Å²) in [6.07, 6.45) is -0.126. The summed E-state index contributed by atoms with van der Waals surface area (Å²) in [5, 5.41) is 0. The Labute approximate surface area is 146 Å². The molecular formula is C20H19NO4. The molecule has 0 aliphatic carbocycles. The molecule has 1 amide bonds. The van der Waals surface area contributed by atoms with E-state index >= 15 is 0 Å². The van der Waals surface area contributed by atoms with Crippen molar-refractivity contribution in [3.8, 4) is 0 Å². The van der Waals surface area contributed by atoms with Gasteiger partial charge in [0, 0.05) is 13.0 Å². The van der Waals surface area contributed by atoms with Crippen LogP contribution in [0.25, 0.3) is 0 Å². The molecule has 5 heteroatoms. The molecule has 0 N–H and O–H groups in total. The summed E-state index contributed by atoms with van der Waals surface area (Å²) in [5.41, 5.74) is 1.80. The maximum Gasteiger partial charge on any atom is 0.317 e. The summed E-state index contributed by atoms with van der Waals surface area (Å²) in [7, 11) is 0. The number of ether oxygens (including phenoxy) is 1. The summed E-state index contributed by atoms with van der Waals surface area (Å²) in [5.74, 6) is -2.09. The third-order valence-electron chi connectivity index (χ3n) is 4.19. The number of ketones is 1. The Hall–Kier alpha value is -2.95. The molecule has 1 aliphatic heterocycles. The number of amides is 1. The van der Waals surface area contributed by atoms with Crippen LogP contribution in [0, 0.1) is 5.92 Å². The van der Waals surface area contributed by atoms with Gasteiger partial charge in [0.15, 0.2) is 5.78 Å². The van der Waals surface area contributed by atoms with Crippen LogP contribution in [0.1, 0.15) is 17.5 Å². The van der Waals surface area contributed by atoms with Crippen LogP contribution < -0.4 is 0 Å². The number of hydrogen-bond donors (Lipinski definition) is 0. The standard InChI is InChI=1S/C20H19NO4/c22-18-13-21(12-15-7-3-1-4-8-15)19(23)11-17(18)20(24)25-14-16-9-5-2-6-10-16/h1-10,17H,11-14H2/t17-/m0/s1. The monoisotopic (exact) mass is 337 g/mol. The average molecular weight is 337 g/mol. The summed E-state index contributed by atoms with van der Waals surface area (Å²) in [6, 6.07) is 18.7. The van der Waals surface area contributed by atoms with Gasteiger partial charge in [-0.25, -0.2) is 0 Å². The molecule has 128 valence electrons. The van der Waals surface area contributed by atoms with Gasteiger partial charge < -0.3 is 9.64 Å². The van der Waals surface area contributed by atoms with Crippen LogP contribution in [0.2, 0.25) is 0 Å². The highest BCUT2D eigenvalue weighted by Crippen LogP contribution is 2.19. The van der Waals surface area contributed by atoms with Crippen molar-refractivity contribution < 1.29 is 19.1 Å². The Morgan fingerprint density at radius 2 is 1.56 bits per heavy atom. The van der Waals surface area contributed by atoms with E-state index in [0.29, 0.717) is 6.54 Å². The number of carbonyl (C=O) groups excluding carboxylic acids is 3. The number of carbonyl (C=O) groups is 3. The third kappa shape index (κ3) is 4.32. The second-order valence-corrected chi connectivity index (χ2v) is 6.05. The zero-order valence-corrected chi connectivity index (χ0v) is 13.8. The maximum absolute atomic E-state index is 12.3. The van der Waals surface area contributed by atoms with Gasteiger partial charge in [0.1, 0.15) is 12.5 Å². The van der Waals surface area contributed by atoms with Crippen LogP contribution in [0.3, 0.4) is 0 Å². The van der Waals surface area contributed by atoms with E-state index in [9.17, 15) is 14.4 Å². The van der Waals surface area contributed by atoms with Crippen molar-refractivity contribution in [1.82, 2.24) is 4.90 Å². The summed E-state index contributed by atoms with van der Waals surface area (Å²) < 4.78 is 5.21. The molecule has 1 aliphatic rings. The number of esters is 1. The zero-order chi connectivity index (χ0) is 17.6. The Balaban J connectivity index is 1.57. The second-order valence-electron chi connectivity index (χ2n) is 6.05. The van der Waals surface area contributed by atoms with E-state index in [1.807, 2.05) is 60.7 Å². The van der Waals surface area contributed by atoms with Crippen molar-refractivity contribution in [2.24, 2.45) is 5.92 Å². The number of piperidine rings is 1. The maximum atomic E-state index is 12.3. The molecule has 0 saturated carbocycles. The van der Waals surface area contributed by atoms with E-state index in [2.05, 4.69) is 0 Å². The lowest BCUT2D eigenvalue weighted by atomic mass is 9.94. The molecule has 1 heterocycles. The van der Waals surface area contributed by atoms with E-state index in [0.717, 1.165) is 11.1 Å². The number of nitrogens with zero attached hydrogens (tertiary/aromatic N) is 1. The molecule has 25 heavy (non-hydrogen) atoms. The molecule has 0 radical (unpaired) electrons. The topological polar surface area (TPSA) is 63.7 Å². The molecule has 0 spiro atoms. The Kier molecular flexibility index (Phi) is 5.23. The van der Waals surface area contributed by atoms with E-state index in [-0.39, 0.29) is 31.3 Å². The first-order valence-corrected chi connectivity index (χ1v) is 8.18. The molecule has 5 nitrogen and oxygen atoms in total. The van der Waals surface area contributed by atoms with Gasteiger partial charge in [-0.3, -0.25) is 14.4 Å². The number of likely N-dealkylation sites (tertiary alicyclic amines) is 1. The van der Waals surface area contributed by atoms with Gasteiger partial charge in [-0.2, -0.15) is 0 Å². The minimum absolute atomic E-state index is 0.0567. The normalized spacial score (nSPS) is 17.4. The molecule has 0 unspecified atom stereocenters. The molecule has 2 aromatic rings. The van der Waals surface area contributed by atoms with E-state index in [1.165, 1.54) is 4.90 Å². The van der Waals surface area contributed by atoms with E-state index in [1.54, 1.807) is 0 Å². The zero-order valence-electron chi connectivity index (χ0n) is 13.8. The summed E-state index contributed by atoms with van der Waals surface area (Å²) in [4.78, 5) is 38.3. The predicted molar refractivity (Wildman–Crippen MR) is 91.2 cm³/mol. The number of benzene rings is 2. The fourth-order valence-electron chi connectivity index (χ4n) is 2.80. The number of hydrogen-bond acceptors (Lipinski definition) is 4.